The van der Waals surface area contributed by atoms with Crippen molar-refractivity contribution in [2.45, 2.75) is 30.9 Å². The van der Waals surface area contributed by atoms with Gasteiger partial charge >= 0.3 is 0 Å². The molecule has 0 amide bonds. The van der Waals surface area contributed by atoms with Gasteiger partial charge in [0.05, 0.1) is 10.3 Å². The molecule has 104 valence electrons. The van der Waals surface area contributed by atoms with Crippen molar-refractivity contribution in [2.75, 3.05) is 0 Å². The first-order chi connectivity index (χ1) is 9.49. The predicted molar refractivity (Wildman–Crippen MR) is 87.0 cm³/mol. The van der Waals surface area contributed by atoms with E-state index < -0.39 is 0 Å². The molecule has 2 aromatic rings. The van der Waals surface area contributed by atoms with Crippen molar-refractivity contribution < 1.29 is 4.79 Å². The molecule has 0 heterocycles. The largest absolute Gasteiger partial charge is 0.293 e. The normalized spacial score (nSPS) is 12.2. The second kappa shape index (κ2) is 6.47. The smallest absolute Gasteiger partial charge is 0.175 e. The molecule has 2 aromatic carbocycles. The first kappa shape index (κ1) is 15.1. The molecule has 2 rings (SSSR count). The van der Waals surface area contributed by atoms with E-state index in [-0.39, 0.29) is 11.0 Å². The Kier molecular flexibility index (Phi) is 4.90. The SMILES string of the molecule is Cc1ccc(C(=O)C(C)Sc2ccccc2Cl)cc1C. The zero-order chi connectivity index (χ0) is 14.7. The third kappa shape index (κ3) is 3.44. The van der Waals surface area contributed by atoms with Crippen LogP contribution in [0.5, 0.6) is 0 Å². The monoisotopic (exact) mass is 304 g/mol. The minimum absolute atomic E-state index is 0.137. The molecule has 0 bridgehead atoms. The lowest BCUT2D eigenvalue weighted by Crippen LogP contribution is -2.13. The van der Waals surface area contributed by atoms with Crippen LogP contribution in [0.25, 0.3) is 0 Å². The number of halogens is 1. The molecule has 0 aliphatic heterocycles. The number of Topliss-reactive ketones (excluding diaryl/α,β-unsaturated/α-hetero) is 1. The Morgan fingerprint density at radius 2 is 1.80 bits per heavy atom. The maximum atomic E-state index is 12.5. The van der Waals surface area contributed by atoms with Crippen LogP contribution in [0, 0.1) is 13.8 Å². The molecule has 0 saturated carbocycles. The molecule has 0 N–H and O–H groups in total. The zero-order valence-electron chi connectivity index (χ0n) is 11.8. The van der Waals surface area contributed by atoms with E-state index in [1.165, 1.54) is 17.3 Å². The topological polar surface area (TPSA) is 17.1 Å². The second-order valence-corrected chi connectivity index (χ2v) is 6.64. The molecule has 0 aliphatic rings. The van der Waals surface area contributed by atoms with Crippen molar-refractivity contribution in [3.8, 4) is 0 Å². The molecule has 1 nitrogen and oxygen atoms in total. The van der Waals surface area contributed by atoms with Crippen LogP contribution in [-0.4, -0.2) is 11.0 Å². The number of ketones is 1. The first-order valence-corrected chi connectivity index (χ1v) is 7.77. The highest BCUT2D eigenvalue weighted by molar-refractivity contribution is 8.00. The van der Waals surface area contributed by atoms with Crippen LogP contribution >= 0.6 is 23.4 Å². The Bertz CT molecular complexity index is 637. The van der Waals surface area contributed by atoms with Crippen molar-refractivity contribution >= 4 is 29.1 Å². The van der Waals surface area contributed by atoms with Gasteiger partial charge in [0, 0.05) is 10.5 Å². The van der Waals surface area contributed by atoms with E-state index in [9.17, 15) is 4.79 Å². The Balaban J connectivity index is 2.16. The van der Waals surface area contributed by atoms with Crippen LogP contribution in [0.3, 0.4) is 0 Å². The lowest BCUT2D eigenvalue weighted by molar-refractivity contribution is 0.0994. The van der Waals surface area contributed by atoms with Crippen LogP contribution in [0.1, 0.15) is 28.4 Å². The van der Waals surface area contributed by atoms with Gasteiger partial charge in [0.15, 0.2) is 5.78 Å². The van der Waals surface area contributed by atoms with Crippen molar-refractivity contribution in [1.29, 1.82) is 0 Å². The molecule has 20 heavy (non-hydrogen) atoms. The quantitative estimate of drug-likeness (QED) is 0.561. The summed E-state index contributed by atoms with van der Waals surface area (Å²) in [5.41, 5.74) is 3.11. The third-order valence-electron chi connectivity index (χ3n) is 3.30. The fraction of sp³-hybridized carbons (Fsp3) is 0.235. The number of rotatable bonds is 4. The number of benzene rings is 2. The van der Waals surface area contributed by atoms with Gasteiger partial charge in [0.1, 0.15) is 0 Å². The summed E-state index contributed by atoms with van der Waals surface area (Å²) in [7, 11) is 0. The van der Waals surface area contributed by atoms with Gasteiger partial charge in [-0.05, 0) is 50.1 Å². The molecule has 0 fully saturated rings. The van der Waals surface area contributed by atoms with E-state index in [2.05, 4.69) is 0 Å². The molecular formula is C17H17ClOS. The lowest BCUT2D eigenvalue weighted by Gasteiger charge is -2.12. The molecule has 0 aromatic heterocycles. The average Bonchev–Trinajstić information content (AvgIpc) is 2.43. The van der Waals surface area contributed by atoms with Gasteiger partial charge in [-0.1, -0.05) is 35.9 Å². The average molecular weight is 305 g/mol. The van der Waals surface area contributed by atoms with Gasteiger partial charge in [-0.15, -0.1) is 11.8 Å². The number of carbonyl (C=O) groups is 1. The van der Waals surface area contributed by atoms with E-state index in [0.29, 0.717) is 5.02 Å². The van der Waals surface area contributed by atoms with E-state index in [0.717, 1.165) is 16.0 Å². The maximum Gasteiger partial charge on any atom is 0.175 e. The zero-order valence-corrected chi connectivity index (χ0v) is 13.4. The summed E-state index contributed by atoms with van der Waals surface area (Å²) in [4.78, 5) is 13.4. The fourth-order valence-corrected chi connectivity index (χ4v) is 3.14. The number of thioether (sulfide) groups is 1. The van der Waals surface area contributed by atoms with Crippen LogP contribution in [0.4, 0.5) is 0 Å². The summed E-state index contributed by atoms with van der Waals surface area (Å²) in [6, 6.07) is 13.5. The Hall–Kier alpha value is -1.25. The summed E-state index contributed by atoms with van der Waals surface area (Å²) >= 11 is 7.63. The molecule has 0 spiro atoms. The standard InChI is InChI=1S/C17H17ClOS/c1-11-8-9-14(10-12(11)2)17(19)13(3)20-16-7-5-4-6-15(16)18/h4-10,13H,1-3H3. The number of aryl methyl sites for hydroxylation is 2. The number of carbonyl (C=O) groups excluding carboxylic acids is 1. The number of hydrogen-bond acceptors (Lipinski definition) is 2. The Labute approximate surface area is 129 Å². The van der Waals surface area contributed by atoms with Crippen LogP contribution in [0.2, 0.25) is 5.02 Å². The van der Waals surface area contributed by atoms with Crippen LogP contribution in [-0.2, 0) is 0 Å². The summed E-state index contributed by atoms with van der Waals surface area (Å²) in [6.45, 7) is 6.00. The molecule has 0 radical (unpaired) electrons. The highest BCUT2D eigenvalue weighted by Gasteiger charge is 2.17. The maximum absolute atomic E-state index is 12.5. The third-order valence-corrected chi connectivity index (χ3v) is 4.92. The van der Waals surface area contributed by atoms with Crippen molar-refractivity contribution in [3.63, 3.8) is 0 Å². The summed E-state index contributed by atoms with van der Waals surface area (Å²) in [5.74, 6) is 0.137. The van der Waals surface area contributed by atoms with Crippen LogP contribution < -0.4 is 0 Å². The van der Waals surface area contributed by atoms with Gasteiger partial charge < -0.3 is 0 Å². The van der Waals surface area contributed by atoms with E-state index >= 15 is 0 Å². The predicted octanol–water partition coefficient (Wildman–Crippen LogP) is 5.32. The second-order valence-electron chi connectivity index (χ2n) is 4.85. The summed E-state index contributed by atoms with van der Waals surface area (Å²) < 4.78 is 0. The molecule has 0 aliphatic carbocycles. The van der Waals surface area contributed by atoms with Gasteiger partial charge in [0.25, 0.3) is 0 Å². The Morgan fingerprint density at radius 3 is 2.45 bits per heavy atom. The Morgan fingerprint density at radius 1 is 1.10 bits per heavy atom. The summed E-state index contributed by atoms with van der Waals surface area (Å²) in [5, 5.41) is 0.536. The van der Waals surface area contributed by atoms with E-state index in [1.54, 1.807) is 0 Å². The number of hydrogen-bond donors (Lipinski definition) is 0. The molecule has 0 saturated heterocycles. The molecule has 1 unspecified atom stereocenters. The first-order valence-electron chi connectivity index (χ1n) is 6.51. The van der Waals surface area contributed by atoms with Gasteiger partial charge in [-0.3, -0.25) is 4.79 Å². The summed E-state index contributed by atoms with van der Waals surface area (Å²) in [6.07, 6.45) is 0. The fourth-order valence-electron chi connectivity index (χ4n) is 1.91. The molecule has 1 atom stereocenters. The van der Waals surface area contributed by atoms with E-state index in [1.807, 2.05) is 63.2 Å². The minimum Gasteiger partial charge on any atom is -0.293 e. The highest BCUT2D eigenvalue weighted by atomic mass is 35.5. The minimum atomic E-state index is -0.156. The van der Waals surface area contributed by atoms with Gasteiger partial charge in [-0.25, -0.2) is 0 Å². The van der Waals surface area contributed by atoms with Crippen LogP contribution in [0.15, 0.2) is 47.4 Å². The van der Waals surface area contributed by atoms with Crippen molar-refractivity contribution in [1.82, 2.24) is 0 Å². The molecular weight excluding hydrogens is 288 g/mol. The van der Waals surface area contributed by atoms with Gasteiger partial charge in [-0.2, -0.15) is 0 Å². The van der Waals surface area contributed by atoms with Crippen molar-refractivity contribution in [3.05, 3.63) is 64.2 Å². The lowest BCUT2D eigenvalue weighted by atomic mass is 10.0. The molecule has 3 heteroatoms. The van der Waals surface area contributed by atoms with Crippen molar-refractivity contribution in [2.24, 2.45) is 0 Å². The van der Waals surface area contributed by atoms with Gasteiger partial charge in [0.2, 0.25) is 0 Å². The highest BCUT2D eigenvalue weighted by Crippen LogP contribution is 2.31. The van der Waals surface area contributed by atoms with E-state index in [4.69, 9.17) is 11.6 Å².